The van der Waals surface area contributed by atoms with Gasteiger partial charge >= 0.3 is 0 Å². The Labute approximate surface area is 128 Å². The van der Waals surface area contributed by atoms with Crippen LogP contribution in [0, 0.1) is 0 Å². The molecule has 1 aliphatic rings. The predicted octanol–water partition coefficient (Wildman–Crippen LogP) is 4.24. The van der Waals surface area contributed by atoms with Crippen molar-refractivity contribution in [2.24, 2.45) is 0 Å². The van der Waals surface area contributed by atoms with Crippen molar-refractivity contribution >= 4 is 28.8 Å². The summed E-state index contributed by atoms with van der Waals surface area (Å²) in [5.41, 5.74) is 1.33. The van der Waals surface area contributed by atoms with Gasteiger partial charge in [0.2, 0.25) is 0 Å². The topological polar surface area (TPSA) is 45.8 Å². The molecule has 5 heteroatoms. The maximum atomic E-state index is 11.1. The molecule has 0 aliphatic heterocycles. The Morgan fingerprint density at radius 3 is 2.85 bits per heavy atom. The van der Waals surface area contributed by atoms with E-state index >= 15 is 0 Å². The van der Waals surface area contributed by atoms with E-state index in [1.807, 2.05) is 12.2 Å². The van der Waals surface area contributed by atoms with Crippen LogP contribution in [-0.2, 0) is 0 Å². The van der Waals surface area contributed by atoms with E-state index < -0.39 is 4.87 Å². The molecule has 1 atom stereocenters. The molecule has 1 aliphatic carbocycles. The monoisotopic (exact) mass is 312 g/mol. The Hall–Kier alpha value is -1.06. The maximum Gasteiger partial charge on any atom is 0.264 e. The van der Waals surface area contributed by atoms with Crippen LogP contribution in [0.15, 0.2) is 34.1 Å². The molecule has 0 aromatic carbocycles. The maximum absolute atomic E-state index is 11.1. The summed E-state index contributed by atoms with van der Waals surface area (Å²) in [6.07, 6.45) is 8.81. The Morgan fingerprint density at radius 2 is 2.20 bits per heavy atom. The van der Waals surface area contributed by atoms with Crippen LogP contribution in [0.1, 0.15) is 44.7 Å². The van der Waals surface area contributed by atoms with E-state index in [2.05, 4.69) is 17.1 Å². The second-order valence-corrected chi connectivity index (χ2v) is 6.40. The van der Waals surface area contributed by atoms with Gasteiger partial charge in [0.15, 0.2) is 0 Å². The highest BCUT2D eigenvalue weighted by Gasteiger charge is 2.29. The molecule has 0 fully saturated rings. The van der Waals surface area contributed by atoms with E-state index in [0.717, 1.165) is 36.3 Å². The van der Waals surface area contributed by atoms with Gasteiger partial charge in [0, 0.05) is 23.1 Å². The molecule has 20 heavy (non-hydrogen) atoms. The number of H-pyrrole nitrogens is 1. The first kappa shape index (κ1) is 15.3. The highest BCUT2D eigenvalue weighted by Crippen LogP contribution is 2.40. The van der Waals surface area contributed by atoms with Crippen LogP contribution in [0.2, 0.25) is 0 Å². The molecule has 1 aromatic rings. The normalized spacial score (nSPS) is 22.4. The van der Waals surface area contributed by atoms with Gasteiger partial charge < -0.3 is 0 Å². The number of halogens is 2. The first-order valence-corrected chi connectivity index (χ1v) is 7.62. The van der Waals surface area contributed by atoms with E-state index in [0.29, 0.717) is 12.1 Å². The molecule has 1 aromatic heterocycles. The number of unbranched alkanes of at least 4 members (excludes halogenated alkanes) is 2. The number of nitrogens with zero attached hydrogens (tertiary/aromatic N) is 1. The SMILES string of the molecule is CCCCCC1(Cl)C=C(c2ccc(=O)[nH]n2)C=C(Cl)C1. The van der Waals surface area contributed by atoms with E-state index in [-0.39, 0.29) is 5.56 Å². The number of hydrogen-bond donors (Lipinski definition) is 1. The Balaban J connectivity index is 2.24. The van der Waals surface area contributed by atoms with Gasteiger partial charge in [-0.1, -0.05) is 43.9 Å². The molecule has 0 amide bonds. The van der Waals surface area contributed by atoms with Crippen molar-refractivity contribution in [1.29, 1.82) is 0 Å². The summed E-state index contributed by atoms with van der Waals surface area (Å²) < 4.78 is 0. The summed E-state index contributed by atoms with van der Waals surface area (Å²) in [5.74, 6) is 0. The molecule has 3 nitrogen and oxygen atoms in total. The van der Waals surface area contributed by atoms with Gasteiger partial charge in [-0.05, 0) is 18.6 Å². The Morgan fingerprint density at radius 1 is 1.40 bits per heavy atom. The second kappa shape index (κ2) is 6.59. The molecule has 0 spiro atoms. The number of hydrogen-bond acceptors (Lipinski definition) is 2. The lowest BCUT2D eigenvalue weighted by Gasteiger charge is -2.27. The minimum Gasteiger partial charge on any atom is -0.268 e. The molecule has 108 valence electrons. The van der Waals surface area contributed by atoms with Crippen LogP contribution in [0.3, 0.4) is 0 Å². The summed E-state index contributed by atoms with van der Waals surface area (Å²) in [6, 6.07) is 3.13. The summed E-state index contributed by atoms with van der Waals surface area (Å²) >= 11 is 12.9. The number of allylic oxidation sites excluding steroid dienone is 4. The van der Waals surface area contributed by atoms with Crippen LogP contribution in [0.4, 0.5) is 0 Å². The Kier molecular flexibility index (Phi) is 5.06. The molecule has 1 N–H and O–H groups in total. The lowest BCUT2D eigenvalue weighted by molar-refractivity contribution is 0.568. The average molecular weight is 313 g/mol. The fourth-order valence-corrected chi connectivity index (χ4v) is 3.17. The van der Waals surface area contributed by atoms with Gasteiger partial charge in [0.05, 0.1) is 10.6 Å². The van der Waals surface area contributed by atoms with Gasteiger partial charge in [0.25, 0.3) is 5.56 Å². The molecule has 0 radical (unpaired) electrons. The Bertz CT molecular complexity index is 571. The molecule has 0 saturated heterocycles. The molecular formula is C15H18Cl2N2O. The van der Waals surface area contributed by atoms with Crippen molar-refractivity contribution in [3.05, 3.63) is 45.4 Å². The van der Waals surface area contributed by atoms with Gasteiger partial charge in [-0.25, -0.2) is 5.10 Å². The fourth-order valence-electron chi connectivity index (χ4n) is 2.35. The van der Waals surface area contributed by atoms with Crippen molar-refractivity contribution in [2.45, 2.75) is 43.9 Å². The first-order chi connectivity index (χ1) is 9.52. The molecule has 1 unspecified atom stereocenters. The van der Waals surface area contributed by atoms with Crippen molar-refractivity contribution in [3.8, 4) is 0 Å². The van der Waals surface area contributed by atoms with Gasteiger partial charge in [0.1, 0.15) is 0 Å². The van der Waals surface area contributed by atoms with Crippen LogP contribution in [0.5, 0.6) is 0 Å². The lowest BCUT2D eigenvalue weighted by atomic mass is 9.89. The number of aromatic nitrogens is 2. The summed E-state index contributed by atoms with van der Waals surface area (Å²) in [4.78, 5) is 10.6. The minimum absolute atomic E-state index is 0.222. The smallest absolute Gasteiger partial charge is 0.264 e. The van der Waals surface area contributed by atoms with Crippen LogP contribution in [0.25, 0.3) is 5.57 Å². The van der Waals surface area contributed by atoms with E-state index in [1.165, 1.54) is 6.07 Å². The van der Waals surface area contributed by atoms with Crippen LogP contribution in [-0.4, -0.2) is 15.1 Å². The average Bonchev–Trinajstić information content (AvgIpc) is 2.38. The second-order valence-electron chi connectivity index (χ2n) is 5.17. The molecular weight excluding hydrogens is 295 g/mol. The van der Waals surface area contributed by atoms with Gasteiger partial charge in [-0.15, -0.1) is 11.6 Å². The quantitative estimate of drug-likeness (QED) is 0.653. The molecule has 0 bridgehead atoms. The van der Waals surface area contributed by atoms with Gasteiger partial charge in [-0.2, -0.15) is 5.10 Å². The zero-order chi connectivity index (χ0) is 14.6. The number of alkyl halides is 1. The number of aromatic amines is 1. The molecule has 1 heterocycles. The van der Waals surface area contributed by atoms with Crippen LogP contribution < -0.4 is 5.56 Å². The zero-order valence-corrected chi connectivity index (χ0v) is 13.0. The fraction of sp³-hybridized carbons (Fsp3) is 0.467. The van der Waals surface area contributed by atoms with Crippen molar-refractivity contribution in [2.75, 3.05) is 0 Å². The third-order valence-electron chi connectivity index (χ3n) is 3.36. The summed E-state index contributed by atoms with van der Waals surface area (Å²) in [5, 5.41) is 7.18. The largest absolute Gasteiger partial charge is 0.268 e. The number of rotatable bonds is 5. The van der Waals surface area contributed by atoms with Crippen LogP contribution >= 0.6 is 23.2 Å². The third-order valence-corrected chi connectivity index (χ3v) is 4.03. The first-order valence-electron chi connectivity index (χ1n) is 6.86. The summed E-state index contributed by atoms with van der Waals surface area (Å²) in [6.45, 7) is 2.17. The standard InChI is InChI=1S/C15H18Cl2N2O/c1-2-3-4-7-15(17)9-11(8-12(16)10-15)13-5-6-14(20)19-18-13/h5-6,8-9H,2-4,7,10H2,1H3,(H,19,20). The molecule has 0 saturated carbocycles. The highest BCUT2D eigenvalue weighted by molar-refractivity contribution is 6.33. The highest BCUT2D eigenvalue weighted by atomic mass is 35.5. The van der Waals surface area contributed by atoms with E-state index in [1.54, 1.807) is 6.07 Å². The molecule has 2 rings (SSSR count). The lowest BCUT2D eigenvalue weighted by Crippen LogP contribution is -2.22. The summed E-state index contributed by atoms with van der Waals surface area (Å²) in [7, 11) is 0. The number of nitrogens with one attached hydrogen (secondary N) is 1. The van der Waals surface area contributed by atoms with Crippen molar-refractivity contribution in [1.82, 2.24) is 10.2 Å². The van der Waals surface area contributed by atoms with Crippen molar-refractivity contribution in [3.63, 3.8) is 0 Å². The predicted molar refractivity (Wildman–Crippen MR) is 84.1 cm³/mol. The van der Waals surface area contributed by atoms with E-state index in [4.69, 9.17) is 23.2 Å². The van der Waals surface area contributed by atoms with Crippen molar-refractivity contribution < 1.29 is 0 Å². The minimum atomic E-state index is -0.450. The van der Waals surface area contributed by atoms with E-state index in [9.17, 15) is 4.79 Å². The third kappa shape index (κ3) is 3.97. The zero-order valence-electron chi connectivity index (χ0n) is 11.5. The van der Waals surface area contributed by atoms with Gasteiger partial charge in [-0.3, -0.25) is 4.79 Å².